The van der Waals surface area contributed by atoms with Gasteiger partial charge >= 0.3 is 0 Å². The van der Waals surface area contributed by atoms with Gasteiger partial charge in [-0.05, 0) is 61.3 Å². The van der Waals surface area contributed by atoms with Crippen LogP contribution in [-0.2, 0) is 4.79 Å². The van der Waals surface area contributed by atoms with E-state index in [0.29, 0.717) is 18.3 Å². The largest absolute Gasteiger partial charge is 0.326 e. The van der Waals surface area contributed by atoms with E-state index in [2.05, 4.69) is 28.7 Å². The van der Waals surface area contributed by atoms with Crippen LogP contribution in [0.3, 0.4) is 0 Å². The normalized spacial score (nSPS) is 24.8. The second-order valence-electron chi connectivity index (χ2n) is 8.04. The molecule has 0 aliphatic heterocycles. The Bertz CT molecular complexity index is 747. The Hall–Kier alpha value is -2.10. The Morgan fingerprint density at radius 3 is 2.68 bits per heavy atom. The van der Waals surface area contributed by atoms with Gasteiger partial charge in [-0.2, -0.15) is 0 Å². The topological polar surface area (TPSA) is 46.9 Å². The fraction of sp³-hybridized carbons (Fsp3) is 0.524. The number of carbonyl (C=O) groups excluding carboxylic acids is 1. The minimum absolute atomic E-state index is 0.163. The Labute approximate surface area is 149 Å². The van der Waals surface area contributed by atoms with E-state index >= 15 is 0 Å². The van der Waals surface area contributed by atoms with Crippen molar-refractivity contribution >= 4 is 11.6 Å². The summed E-state index contributed by atoms with van der Waals surface area (Å²) in [5, 5.41) is 3.07. The molecule has 1 amide bonds. The third-order valence-electron chi connectivity index (χ3n) is 5.95. The first-order valence-electron chi connectivity index (χ1n) is 9.53. The number of amides is 1. The average molecular weight is 337 g/mol. The number of nitrogens with one attached hydrogen (secondary N) is 1. The van der Waals surface area contributed by atoms with Gasteiger partial charge in [0.2, 0.25) is 5.91 Å². The molecule has 2 aliphatic rings. The van der Waals surface area contributed by atoms with Crippen molar-refractivity contribution in [1.29, 1.82) is 0 Å². The summed E-state index contributed by atoms with van der Waals surface area (Å²) in [4.78, 5) is 16.8. The zero-order valence-corrected chi connectivity index (χ0v) is 15.1. The highest BCUT2D eigenvalue weighted by molar-refractivity contribution is 5.91. The molecule has 2 bridgehead atoms. The van der Waals surface area contributed by atoms with Crippen LogP contribution in [0.1, 0.15) is 57.7 Å². The van der Waals surface area contributed by atoms with Crippen LogP contribution in [0.5, 0.6) is 0 Å². The molecule has 2 aliphatic carbocycles. The van der Waals surface area contributed by atoms with Crippen LogP contribution >= 0.6 is 0 Å². The summed E-state index contributed by atoms with van der Waals surface area (Å²) >= 11 is 0. The van der Waals surface area contributed by atoms with E-state index in [9.17, 15) is 4.79 Å². The van der Waals surface area contributed by atoms with Crippen LogP contribution in [0.15, 0.2) is 36.7 Å². The molecule has 2 saturated carbocycles. The van der Waals surface area contributed by atoms with Crippen LogP contribution in [0.2, 0.25) is 0 Å². The quantitative estimate of drug-likeness (QED) is 0.855. The van der Waals surface area contributed by atoms with E-state index in [4.69, 9.17) is 0 Å². The first kappa shape index (κ1) is 16.4. The van der Waals surface area contributed by atoms with E-state index in [1.165, 1.54) is 25.7 Å². The summed E-state index contributed by atoms with van der Waals surface area (Å²) < 4.78 is 2.10. The molecule has 1 heterocycles. The zero-order chi connectivity index (χ0) is 17.4. The maximum Gasteiger partial charge on any atom is 0.224 e. The molecule has 1 aromatic carbocycles. The van der Waals surface area contributed by atoms with Crippen LogP contribution in [0.25, 0.3) is 5.69 Å². The lowest BCUT2D eigenvalue weighted by Crippen LogP contribution is -2.20. The lowest BCUT2D eigenvalue weighted by molar-refractivity contribution is -0.117. The second-order valence-corrected chi connectivity index (χ2v) is 8.04. The maximum absolute atomic E-state index is 12.4. The summed E-state index contributed by atoms with van der Waals surface area (Å²) in [6, 6.07) is 8.05. The molecule has 3 atom stereocenters. The van der Waals surface area contributed by atoms with Crippen molar-refractivity contribution in [3.8, 4) is 5.69 Å². The van der Waals surface area contributed by atoms with Crippen molar-refractivity contribution in [2.45, 2.75) is 51.9 Å². The molecule has 2 fully saturated rings. The van der Waals surface area contributed by atoms with E-state index < -0.39 is 0 Å². The molecule has 1 N–H and O–H groups in total. The first-order valence-corrected chi connectivity index (χ1v) is 9.53. The van der Waals surface area contributed by atoms with Gasteiger partial charge < -0.3 is 9.88 Å². The second kappa shape index (κ2) is 6.66. The molecule has 0 radical (unpaired) electrons. The molecule has 4 rings (SSSR count). The number of hydrogen-bond acceptors (Lipinski definition) is 2. The smallest absolute Gasteiger partial charge is 0.224 e. The molecule has 132 valence electrons. The summed E-state index contributed by atoms with van der Waals surface area (Å²) in [6.45, 7) is 4.28. The van der Waals surface area contributed by atoms with Crippen LogP contribution < -0.4 is 5.32 Å². The highest BCUT2D eigenvalue weighted by Gasteiger charge is 2.40. The van der Waals surface area contributed by atoms with E-state index in [0.717, 1.165) is 29.0 Å². The predicted molar refractivity (Wildman–Crippen MR) is 99.8 cm³/mol. The van der Waals surface area contributed by atoms with Crippen molar-refractivity contribution in [3.63, 3.8) is 0 Å². The monoisotopic (exact) mass is 337 g/mol. The average Bonchev–Trinajstić information content (AvgIpc) is 3.31. The lowest BCUT2D eigenvalue weighted by Gasteiger charge is -2.21. The van der Waals surface area contributed by atoms with Crippen LogP contribution in [0, 0.1) is 17.8 Å². The van der Waals surface area contributed by atoms with Gasteiger partial charge in [0.1, 0.15) is 5.82 Å². The number of rotatable bonds is 5. The van der Waals surface area contributed by atoms with Gasteiger partial charge in [-0.3, -0.25) is 4.79 Å². The van der Waals surface area contributed by atoms with Crippen LogP contribution in [0.4, 0.5) is 5.69 Å². The van der Waals surface area contributed by atoms with Gasteiger partial charge in [-0.15, -0.1) is 0 Å². The van der Waals surface area contributed by atoms with Crippen LogP contribution in [-0.4, -0.2) is 15.5 Å². The molecular formula is C21H27N3O. The highest BCUT2D eigenvalue weighted by atomic mass is 16.1. The molecule has 1 aromatic heterocycles. The van der Waals surface area contributed by atoms with Gasteiger partial charge in [0.15, 0.2) is 0 Å². The van der Waals surface area contributed by atoms with Gasteiger partial charge in [0.05, 0.1) is 0 Å². The fourth-order valence-corrected chi connectivity index (χ4v) is 4.74. The Kier molecular flexibility index (Phi) is 4.36. The molecule has 0 saturated heterocycles. The highest BCUT2D eigenvalue weighted by Crippen LogP contribution is 2.49. The summed E-state index contributed by atoms with van der Waals surface area (Å²) in [5.74, 6) is 3.89. The van der Waals surface area contributed by atoms with Crippen molar-refractivity contribution in [1.82, 2.24) is 9.55 Å². The molecule has 2 aromatic rings. The van der Waals surface area contributed by atoms with E-state index in [1.807, 2.05) is 36.7 Å². The standard InChI is InChI=1S/C21H27N3O/c1-14(2)21-22-9-10-24(21)19-7-5-18(6-8-19)23-20(25)13-17-12-15-3-4-16(17)11-15/h5-10,14-17H,3-4,11-13H2,1-2H3,(H,23,25)/t15-,16+,17-/m0/s1. The number of carbonyl (C=O) groups is 1. The molecule has 4 heteroatoms. The lowest BCUT2D eigenvalue weighted by atomic mass is 9.86. The van der Waals surface area contributed by atoms with E-state index in [-0.39, 0.29) is 5.91 Å². The number of fused-ring (bicyclic) bond motifs is 2. The number of imidazole rings is 1. The molecule has 0 unspecified atom stereocenters. The molecule has 25 heavy (non-hydrogen) atoms. The maximum atomic E-state index is 12.4. The van der Waals surface area contributed by atoms with Crippen molar-refractivity contribution in [3.05, 3.63) is 42.5 Å². The minimum atomic E-state index is 0.163. The Morgan fingerprint density at radius 1 is 1.24 bits per heavy atom. The number of hydrogen-bond donors (Lipinski definition) is 1. The molecular weight excluding hydrogens is 310 g/mol. The Morgan fingerprint density at radius 2 is 2.04 bits per heavy atom. The van der Waals surface area contributed by atoms with Gasteiger partial charge in [-0.1, -0.05) is 20.3 Å². The third kappa shape index (κ3) is 3.35. The first-order chi connectivity index (χ1) is 12.1. The minimum Gasteiger partial charge on any atom is -0.326 e. The summed E-state index contributed by atoms with van der Waals surface area (Å²) in [6.07, 6.45) is 9.84. The number of anilines is 1. The third-order valence-corrected chi connectivity index (χ3v) is 5.95. The Balaban J connectivity index is 1.39. The molecule has 4 nitrogen and oxygen atoms in total. The fourth-order valence-electron chi connectivity index (χ4n) is 4.74. The van der Waals surface area contributed by atoms with Crippen molar-refractivity contribution in [2.75, 3.05) is 5.32 Å². The zero-order valence-electron chi connectivity index (χ0n) is 15.1. The van der Waals surface area contributed by atoms with Gasteiger partial charge in [0, 0.05) is 36.1 Å². The van der Waals surface area contributed by atoms with Gasteiger partial charge in [-0.25, -0.2) is 4.98 Å². The SMILES string of the molecule is CC(C)c1nccn1-c1ccc(NC(=O)C[C@@H]2C[C@H]3CC[C@@H]2C3)cc1. The van der Waals surface area contributed by atoms with Crippen molar-refractivity contribution < 1.29 is 4.79 Å². The van der Waals surface area contributed by atoms with Gasteiger partial charge in [0.25, 0.3) is 0 Å². The van der Waals surface area contributed by atoms with Crippen molar-refractivity contribution in [2.24, 2.45) is 17.8 Å². The number of benzene rings is 1. The van der Waals surface area contributed by atoms with E-state index in [1.54, 1.807) is 0 Å². The summed E-state index contributed by atoms with van der Waals surface area (Å²) in [5.41, 5.74) is 1.95. The molecule has 0 spiro atoms. The summed E-state index contributed by atoms with van der Waals surface area (Å²) in [7, 11) is 0. The number of aromatic nitrogens is 2. The predicted octanol–water partition coefficient (Wildman–Crippen LogP) is 4.76. The number of nitrogens with zero attached hydrogens (tertiary/aromatic N) is 2.